The highest BCUT2D eigenvalue weighted by Crippen LogP contribution is 2.28. The van der Waals surface area contributed by atoms with Crippen molar-refractivity contribution in [1.82, 2.24) is 9.97 Å². The fraction of sp³-hybridized carbons (Fsp3) is 0. The van der Waals surface area contributed by atoms with Crippen molar-refractivity contribution in [2.45, 2.75) is 9.92 Å². The zero-order chi connectivity index (χ0) is 11.5. The summed E-state index contributed by atoms with van der Waals surface area (Å²) in [7, 11) is 0. The third kappa shape index (κ3) is 2.17. The summed E-state index contributed by atoms with van der Waals surface area (Å²) in [4.78, 5) is 18.6. The summed E-state index contributed by atoms with van der Waals surface area (Å²) in [5, 5.41) is 0.494. The third-order valence-corrected chi connectivity index (χ3v) is 2.97. The van der Waals surface area contributed by atoms with Gasteiger partial charge < -0.3 is 16.5 Å². The van der Waals surface area contributed by atoms with Gasteiger partial charge in [-0.1, -0.05) is 11.8 Å². The van der Waals surface area contributed by atoms with Crippen molar-refractivity contribution in [2.24, 2.45) is 0 Å². The van der Waals surface area contributed by atoms with Crippen LogP contribution in [0.2, 0.25) is 0 Å². The Morgan fingerprint density at radius 2 is 1.88 bits per heavy atom. The van der Waals surface area contributed by atoms with Crippen LogP contribution in [0.15, 0.2) is 45.3 Å². The topological polar surface area (TPSA) is 97.8 Å². The second-order valence-electron chi connectivity index (χ2n) is 3.12. The van der Waals surface area contributed by atoms with Crippen LogP contribution < -0.4 is 17.0 Å². The van der Waals surface area contributed by atoms with Gasteiger partial charge in [-0.2, -0.15) is 0 Å². The average Bonchev–Trinajstić information content (AvgIpc) is 2.28. The molecule has 0 bridgehead atoms. The van der Waals surface area contributed by atoms with Gasteiger partial charge in [-0.05, 0) is 24.3 Å². The number of H-pyrrole nitrogens is 1. The first-order valence-corrected chi connectivity index (χ1v) is 5.35. The van der Waals surface area contributed by atoms with E-state index in [2.05, 4.69) is 9.97 Å². The van der Waals surface area contributed by atoms with Crippen molar-refractivity contribution in [2.75, 3.05) is 11.5 Å². The number of nitrogen functional groups attached to an aromatic ring is 2. The van der Waals surface area contributed by atoms with Gasteiger partial charge in [0.25, 0.3) is 5.56 Å². The average molecular weight is 234 g/mol. The van der Waals surface area contributed by atoms with E-state index in [1.165, 1.54) is 18.1 Å². The first kappa shape index (κ1) is 10.6. The summed E-state index contributed by atoms with van der Waals surface area (Å²) < 4.78 is 0. The smallest absolute Gasteiger partial charge is 0.275 e. The maximum atomic E-state index is 11.2. The van der Waals surface area contributed by atoms with Crippen LogP contribution in [-0.2, 0) is 0 Å². The molecule has 2 rings (SSSR count). The van der Waals surface area contributed by atoms with E-state index in [9.17, 15) is 4.79 Å². The van der Waals surface area contributed by atoms with Crippen molar-refractivity contribution in [3.63, 3.8) is 0 Å². The summed E-state index contributed by atoms with van der Waals surface area (Å²) in [6.45, 7) is 0. The standard InChI is InChI=1S/C10H10N4OS/c11-6-1-3-7(4-2-6)16-10-8(12)9(15)13-5-14-10/h1-5H,11-12H2,(H,13,14,15). The molecule has 0 aliphatic rings. The Labute approximate surface area is 95.9 Å². The fourth-order valence-corrected chi connectivity index (χ4v) is 1.93. The van der Waals surface area contributed by atoms with E-state index < -0.39 is 0 Å². The van der Waals surface area contributed by atoms with E-state index in [1.807, 2.05) is 12.1 Å². The molecule has 0 aliphatic heterocycles. The second kappa shape index (κ2) is 4.28. The Hall–Kier alpha value is -1.95. The number of hydrogen-bond donors (Lipinski definition) is 3. The zero-order valence-corrected chi connectivity index (χ0v) is 9.12. The summed E-state index contributed by atoms with van der Waals surface area (Å²) in [5.74, 6) is 0. The lowest BCUT2D eigenvalue weighted by Crippen LogP contribution is -2.13. The first-order valence-electron chi connectivity index (χ1n) is 4.53. The van der Waals surface area contributed by atoms with Gasteiger partial charge in [0.15, 0.2) is 0 Å². The van der Waals surface area contributed by atoms with Crippen molar-refractivity contribution >= 4 is 23.1 Å². The molecule has 0 unspecified atom stereocenters. The van der Waals surface area contributed by atoms with E-state index in [4.69, 9.17) is 11.5 Å². The molecule has 0 atom stereocenters. The molecule has 5 N–H and O–H groups in total. The minimum absolute atomic E-state index is 0.129. The Balaban J connectivity index is 2.30. The van der Waals surface area contributed by atoms with Crippen LogP contribution in [0.5, 0.6) is 0 Å². The summed E-state index contributed by atoms with van der Waals surface area (Å²) in [6, 6.07) is 7.27. The van der Waals surface area contributed by atoms with E-state index >= 15 is 0 Å². The van der Waals surface area contributed by atoms with Gasteiger partial charge in [0.2, 0.25) is 0 Å². The molecule has 0 amide bonds. The lowest BCUT2D eigenvalue weighted by atomic mass is 10.3. The highest BCUT2D eigenvalue weighted by molar-refractivity contribution is 7.99. The quantitative estimate of drug-likeness (QED) is 0.533. The van der Waals surface area contributed by atoms with Crippen molar-refractivity contribution in [1.29, 1.82) is 0 Å². The van der Waals surface area contributed by atoms with Gasteiger partial charge in [0.1, 0.15) is 10.7 Å². The van der Waals surface area contributed by atoms with Crippen LogP contribution in [0.3, 0.4) is 0 Å². The molecule has 1 heterocycles. The largest absolute Gasteiger partial charge is 0.399 e. The molecule has 5 nitrogen and oxygen atoms in total. The molecule has 0 aliphatic carbocycles. The molecule has 1 aromatic carbocycles. The third-order valence-electron chi connectivity index (χ3n) is 1.95. The number of hydrogen-bond acceptors (Lipinski definition) is 5. The zero-order valence-electron chi connectivity index (χ0n) is 8.31. The minimum Gasteiger partial charge on any atom is -0.399 e. The lowest BCUT2D eigenvalue weighted by Gasteiger charge is -2.03. The normalized spacial score (nSPS) is 10.2. The Morgan fingerprint density at radius 3 is 2.56 bits per heavy atom. The van der Waals surface area contributed by atoms with Gasteiger partial charge in [0.05, 0.1) is 6.33 Å². The highest BCUT2D eigenvalue weighted by atomic mass is 32.2. The molecular weight excluding hydrogens is 224 g/mol. The molecule has 0 fully saturated rings. The summed E-state index contributed by atoms with van der Waals surface area (Å²) >= 11 is 1.33. The minimum atomic E-state index is -0.326. The van der Waals surface area contributed by atoms with Crippen LogP contribution in [-0.4, -0.2) is 9.97 Å². The highest BCUT2D eigenvalue weighted by Gasteiger charge is 2.06. The van der Waals surface area contributed by atoms with Crippen LogP contribution >= 0.6 is 11.8 Å². The molecule has 2 aromatic rings. The van der Waals surface area contributed by atoms with E-state index in [1.54, 1.807) is 12.1 Å². The van der Waals surface area contributed by atoms with Gasteiger partial charge in [0, 0.05) is 10.6 Å². The molecule has 82 valence electrons. The van der Waals surface area contributed by atoms with Gasteiger partial charge in [-0.3, -0.25) is 4.79 Å². The maximum Gasteiger partial charge on any atom is 0.275 e. The van der Waals surface area contributed by atoms with Crippen molar-refractivity contribution < 1.29 is 0 Å². The molecular formula is C10H10N4OS. The molecule has 0 saturated heterocycles. The fourth-order valence-electron chi connectivity index (χ4n) is 1.12. The monoisotopic (exact) mass is 234 g/mol. The molecule has 6 heteroatoms. The Kier molecular flexibility index (Phi) is 2.82. The van der Waals surface area contributed by atoms with E-state index in [0.29, 0.717) is 10.7 Å². The van der Waals surface area contributed by atoms with Crippen LogP contribution in [0.1, 0.15) is 0 Å². The number of nitrogens with zero attached hydrogens (tertiary/aromatic N) is 1. The Bertz CT molecular complexity index is 549. The molecule has 0 radical (unpaired) electrons. The lowest BCUT2D eigenvalue weighted by molar-refractivity contribution is 1.02. The second-order valence-corrected chi connectivity index (χ2v) is 4.18. The predicted molar refractivity (Wildman–Crippen MR) is 64.2 cm³/mol. The number of anilines is 2. The number of aromatic amines is 1. The van der Waals surface area contributed by atoms with Crippen LogP contribution in [0.4, 0.5) is 11.4 Å². The molecule has 1 aromatic heterocycles. The number of aromatic nitrogens is 2. The molecule has 16 heavy (non-hydrogen) atoms. The number of rotatable bonds is 2. The van der Waals surface area contributed by atoms with Crippen molar-refractivity contribution in [3.05, 3.63) is 40.9 Å². The Morgan fingerprint density at radius 1 is 1.19 bits per heavy atom. The number of nitrogens with two attached hydrogens (primary N) is 2. The molecule has 0 spiro atoms. The van der Waals surface area contributed by atoms with Gasteiger partial charge in [-0.25, -0.2) is 4.98 Å². The SMILES string of the molecule is Nc1ccc(Sc2nc[nH]c(=O)c2N)cc1. The number of nitrogens with one attached hydrogen (secondary N) is 1. The van der Waals surface area contributed by atoms with Gasteiger partial charge in [-0.15, -0.1) is 0 Å². The maximum absolute atomic E-state index is 11.2. The van der Waals surface area contributed by atoms with E-state index in [0.717, 1.165) is 4.90 Å². The van der Waals surface area contributed by atoms with Crippen molar-refractivity contribution in [3.8, 4) is 0 Å². The van der Waals surface area contributed by atoms with Crippen LogP contribution in [0.25, 0.3) is 0 Å². The predicted octanol–water partition coefficient (Wildman–Crippen LogP) is 1.09. The summed E-state index contributed by atoms with van der Waals surface area (Å²) in [5.41, 5.74) is 11.7. The van der Waals surface area contributed by atoms with Gasteiger partial charge >= 0.3 is 0 Å². The van der Waals surface area contributed by atoms with E-state index in [-0.39, 0.29) is 11.2 Å². The first-order chi connectivity index (χ1) is 7.66. The summed E-state index contributed by atoms with van der Waals surface area (Å²) in [6.07, 6.45) is 1.33. The van der Waals surface area contributed by atoms with Crippen LogP contribution in [0, 0.1) is 0 Å². The number of benzene rings is 1. The molecule has 0 saturated carbocycles.